The monoisotopic (exact) mass is 276 g/mol. The van der Waals surface area contributed by atoms with E-state index in [4.69, 9.17) is 4.52 Å². The Morgan fingerprint density at radius 3 is 2.55 bits per heavy atom. The number of hydrogen-bond acceptors (Lipinski definition) is 3. The average Bonchev–Trinajstić information content (AvgIpc) is 2.74. The van der Waals surface area contributed by atoms with Crippen molar-refractivity contribution >= 4 is 11.6 Å². The van der Waals surface area contributed by atoms with E-state index in [1.54, 1.807) is 19.1 Å². The van der Waals surface area contributed by atoms with Crippen molar-refractivity contribution < 1.29 is 13.7 Å². The van der Waals surface area contributed by atoms with Crippen molar-refractivity contribution in [1.82, 2.24) is 5.16 Å². The molecule has 0 radical (unpaired) electrons. The number of benzene rings is 1. The fourth-order valence-corrected chi connectivity index (χ4v) is 1.90. The van der Waals surface area contributed by atoms with Gasteiger partial charge >= 0.3 is 0 Å². The lowest BCUT2D eigenvalue weighted by Gasteiger charge is -2.16. The van der Waals surface area contributed by atoms with Gasteiger partial charge < -0.3 is 9.84 Å². The third-order valence-electron chi connectivity index (χ3n) is 2.92. The Hall–Kier alpha value is -2.17. The number of carbonyl (C=O) groups excluding carboxylic acids is 1. The van der Waals surface area contributed by atoms with Crippen LogP contribution in [0.2, 0.25) is 0 Å². The normalized spacial score (nSPS) is 11.4. The zero-order chi connectivity index (χ0) is 14.9. The van der Waals surface area contributed by atoms with Gasteiger partial charge in [-0.3, -0.25) is 4.79 Å². The van der Waals surface area contributed by atoms with Crippen LogP contribution >= 0.6 is 0 Å². The SMILES string of the molecule is Cc1onc(C(C)(C)C)c1C(=O)Nc1ccccc1F. The van der Waals surface area contributed by atoms with Gasteiger partial charge in [-0.2, -0.15) is 0 Å². The fourth-order valence-electron chi connectivity index (χ4n) is 1.90. The zero-order valence-corrected chi connectivity index (χ0v) is 12.0. The number of rotatable bonds is 2. The minimum atomic E-state index is -0.479. The maximum atomic E-state index is 13.6. The first-order valence-corrected chi connectivity index (χ1v) is 6.33. The quantitative estimate of drug-likeness (QED) is 0.910. The smallest absolute Gasteiger partial charge is 0.261 e. The van der Waals surface area contributed by atoms with Gasteiger partial charge in [0.05, 0.1) is 5.69 Å². The minimum Gasteiger partial charge on any atom is -0.361 e. The highest BCUT2D eigenvalue weighted by Gasteiger charge is 2.29. The molecule has 0 atom stereocenters. The molecule has 2 aromatic rings. The number of aromatic nitrogens is 1. The van der Waals surface area contributed by atoms with Gasteiger partial charge in [0.2, 0.25) is 0 Å². The van der Waals surface area contributed by atoms with Crippen LogP contribution in [0, 0.1) is 12.7 Å². The Kier molecular flexibility index (Phi) is 3.61. The number of amides is 1. The molecule has 0 bridgehead atoms. The summed E-state index contributed by atoms with van der Waals surface area (Å²) in [5, 5.41) is 6.49. The van der Waals surface area contributed by atoms with Crippen molar-refractivity contribution in [2.45, 2.75) is 33.1 Å². The summed E-state index contributed by atoms with van der Waals surface area (Å²) in [7, 11) is 0. The van der Waals surface area contributed by atoms with Crippen molar-refractivity contribution in [2.75, 3.05) is 5.32 Å². The first-order chi connectivity index (χ1) is 9.30. The van der Waals surface area contributed by atoms with Gasteiger partial charge in [0.15, 0.2) is 0 Å². The second kappa shape index (κ2) is 5.07. The van der Waals surface area contributed by atoms with Crippen LogP contribution in [-0.4, -0.2) is 11.1 Å². The van der Waals surface area contributed by atoms with Crippen LogP contribution in [0.4, 0.5) is 10.1 Å². The highest BCUT2D eigenvalue weighted by Crippen LogP contribution is 2.27. The van der Waals surface area contributed by atoms with Crippen molar-refractivity contribution in [2.24, 2.45) is 0 Å². The molecule has 20 heavy (non-hydrogen) atoms. The Bertz CT molecular complexity index is 642. The topological polar surface area (TPSA) is 55.1 Å². The summed E-state index contributed by atoms with van der Waals surface area (Å²) < 4.78 is 18.7. The molecule has 0 saturated heterocycles. The molecule has 1 N–H and O–H groups in total. The molecule has 4 nitrogen and oxygen atoms in total. The fraction of sp³-hybridized carbons (Fsp3) is 0.333. The molecular weight excluding hydrogens is 259 g/mol. The summed E-state index contributed by atoms with van der Waals surface area (Å²) in [5.41, 5.74) is 0.724. The van der Waals surface area contributed by atoms with Crippen LogP contribution in [0.5, 0.6) is 0 Å². The standard InChI is InChI=1S/C15H17FN2O2/c1-9-12(13(18-20-9)15(2,3)4)14(19)17-11-8-6-5-7-10(11)16/h5-8H,1-4H3,(H,17,19). The predicted molar refractivity (Wildman–Crippen MR) is 74.3 cm³/mol. The van der Waals surface area contributed by atoms with E-state index < -0.39 is 11.7 Å². The van der Waals surface area contributed by atoms with Gasteiger partial charge in [-0.25, -0.2) is 4.39 Å². The van der Waals surface area contributed by atoms with Crippen LogP contribution in [0.1, 0.15) is 42.6 Å². The molecule has 1 aromatic carbocycles. The molecule has 0 spiro atoms. The number of aryl methyl sites for hydroxylation is 1. The Morgan fingerprint density at radius 2 is 1.95 bits per heavy atom. The third-order valence-corrected chi connectivity index (χ3v) is 2.92. The average molecular weight is 276 g/mol. The van der Waals surface area contributed by atoms with Gasteiger partial charge in [-0.15, -0.1) is 0 Å². The van der Waals surface area contributed by atoms with E-state index in [0.717, 1.165) is 0 Å². The molecule has 2 rings (SSSR count). The van der Waals surface area contributed by atoms with Crippen LogP contribution in [0.25, 0.3) is 0 Å². The lowest BCUT2D eigenvalue weighted by atomic mass is 9.88. The van der Waals surface area contributed by atoms with E-state index in [-0.39, 0.29) is 11.1 Å². The van der Waals surface area contributed by atoms with Crippen molar-refractivity contribution in [3.05, 3.63) is 47.1 Å². The number of halogens is 1. The van der Waals surface area contributed by atoms with Crippen LogP contribution in [-0.2, 0) is 5.41 Å². The van der Waals surface area contributed by atoms with E-state index in [1.807, 2.05) is 20.8 Å². The van der Waals surface area contributed by atoms with Gasteiger partial charge in [0, 0.05) is 5.41 Å². The molecule has 0 aliphatic heterocycles. The maximum Gasteiger partial charge on any atom is 0.261 e. The lowest BCUT2D eigenvalue weighted by Crippen LogP contribution is -2.21. The summed E-state index contributed by atoms with van der Waals surface area (Å²) >= 11 is 0. The van der Waals surface area contributed by atoms with Crippen LogP contribution < -0.4 is 5.32 Å². The van der Waals surface area contributed by atoms with Crippen molar-refractivity contribution in [3.8, 4) is 0 Å². The summed E-state index contributed by atoms with van der Waals surface area (Å²) in [5.74, 6) is -0.477. The molecule has 106 valence electrons. The molecule has 0 fully saturated rings. The van der Waals surface area contributed by atoms with Gasteiger partial charge in [0.25, 0.3) is 5.91 Å². The molecule has 1 amide bonds. The second-order valence-electron chi connectivity index (χ2n) is 5.65. The molecule has 0 unspecified atom stereocenters. The first kappa shape index (κ1) is 14.2. The highest BCUT2D eigenvalue weighted by molar-refractivity contribution is 6.05. The third kappa shape index (κ3) is 2.71. The first-order valence-electron chi connectivity index (χ1n) is 6.33. The number of carbonyl (C=O) groups is 1. The lowest BCUT2D eigenvalue weighted by molar-refractivity contribution is 0.102. The van der Waals surface area contributed by atoms with E-state index in [2.05, 4.69) is 10.5 Å². The molecule has 0 saturated carbocycles. The molecule has 5 heteroatoms. The highest BCUT2D eigenvalue weighted by atomic mass is 19.1. The van der Waals surface area contributed by atoms with E-state index in [0.29, 0.717) is 17.0 Å². The molecule has 0 aliphatic rings. The zero-order valence-electron chi connectivity index (χ0n) is 12.0. The van der Waals surface area contributed by atoms with E-state index in [1.165, 1.54) is 12.1 Å². The summed E-state index contributed by atoms with van der Waals surface area (Å²) in [4.78, 5) is 12.3. The number of hydrogen-bond donors (Lipinski definition) is 1. The number of nitrogens with one attached hydrogen (secondary N) is 1. The Morgan fingerprint density at radius 1 is 1.30 bits per heavy atom. The summed E-state index contributed by atoms with van der Waals surface area (Å²) in [6.07, 6.45) is 0. The summed E-state index contributed by atoms with van der Waals surface area (Å²) in [6, 6.07) is 6.02. The van der Waals surface area contributed by atoms with Crippen molar-refractivity contribution in [3.63, 3.8) is 0 Å². The molecule has 0 aliphatic carbocycles. The minimum absolute atomic E-state index is 0.137. The van der Waals surface area contributed by atoms with E-state index >= 15 is 0 Å². The van der Waals surface area contributed by atoms with Crippen molar-refractivity contribution in [1.29, 1.82) is 0 Å². The largest absolute Gasteiger partial charge is 0.361 e. The number of para-hydroxylation sites is 1. The summed E-state index contributed by atoms with van der Waals surface area (Å²) in [6.45, 7) is 7.47. The van der Waals surface area contributed by atoms with Crippen LogP contribution in [0.3, 0.4) is 0 Å². The number of nitrogens with zero attached hydrogens (tertiary/aromatic N) is 1. The molecular formula is C15H17FN2O2. The van der Waals surface area contributed by atoms with E-state index in [9.17, 15) is 9.18 Å². The second-order valence-corrected chi connectivity index (χ2v) is 5.65. The van der Waals surface area contributed by atoms with Crippen LogP contribution in [0.15, 0.2) is 28.8 Å². The van der Waals surface area contributed by atoms with Gasteiger partial charge in [-0.1, -0.05) is 38.1 Å². The molecule has 1 aromatic heterocycles. The van der Waals surface area contributed by atoms with Gasteiger partial charge in [-0.05, 0) is 19.1 Å². The predicted octanol–water partition coefficient (Wildman–Crippen LogP) is 3.67. The Balaban J connectivity index is 2.36. The number of anilines is 1. The Labute approximate surface area is 117 Å². The maximum absolute atomic E-state index is 13.6. The van der Waals surface area contributed by atoms with Gasteiger partial charge in [0.1, 0.15) is 22.8 Å². The molecule has 1 heterocycles.